The highest BCUT2D eigenvalue weighted by Crippen LogP contribution is 2.19. The Bertz CT molecular complexity index is 417. The van der Waals surface area contributed by atoms with Crippen molar-refractivity contribution in [2.24, 2.45) is 0 Å². The van der Waals surface area contributed by atoms with E-state index in [1.807, 2.05) is 0 Å². The van der Waals surface area contributed by atoms with Crippen LogP contribution in [-0.4, -0.2) is 25.2 Å². The lowest BCUT2D eigenvalue weighted by molar-refractivity contribution is 0.0857. The summed E-state index contributed by atoms with van der Waals surface area (Å²) in [6.07, 6.45) is 2.24. The molecule has 17 heavy (non-hydrogen) atoms. The highest BCUT2D eigenvalue weighted by Gasteiger charge is 2.17. The van der Waals surface area contributed by atoms with Gasteiger partial charge in [-0.3, -0.25) is 4.79 Å². The molecule has 0 spiro atoms. The number of nitrogens with two attached hydrogens (primary N) is 1. The highest BCUT2D eigenvalue weighted by atomic mass is 79.9. The topological polar surface area (TPSA) is 64.4 Å². The summed E-state index contributed by atoms with van der Waals surface area (Å²) in [6.45, 7) is 1.35. The van der Waals surface area contributed by atoms with Crippen LogP contribution in [0.15, 0.2) is 22.7 Å². The maximum atomic E-state index is 11.9. The third-order valence-corrected chi connectivity index (χ3v) is 3.44. The first-order valence-corrected chi connectivity index (χ1v) is 6.41. The van der Waals surface area contributed by atoms with Crippen LogP contribution in [0.4, 0.5) is 5.69 Å². The third kappa shape index (κ3) is 3.20. The van der Waals surface area contributed by atoms with Crippen molar-refractivity contribution in [3.63, 3.8) is 0 Å². The van der Waals surface area contributed by atoms with Crippen molar-refractivity contribution in [1.29, 1.82) is 0 Å². The van der Waals surface area contributed by atoms with E-state index in [-0.39, 0.29) is 12.0 Å². The van der Waals surface area contributed by atoms with Gasteiger partial charge >= 0.3 is 0 Å². The molecule has 0 radical (unpaired) electrons. The zero-order valence-electron chi connectivity index (χ0n) is 9.41. The first kappa shape index (κ1) is 12.4. The lowest BCUT2D eigenvalue weighted by Gasteiger charge is -2.11. The number of hydrogen-bond acceptors (Lipinski definition) is 3. The molecule has 1 aromatic rings. The van der Waals surface area contributed by atoms with Crippen LogP contribution >= 0.6 is 15.9 Å². The Morgan fingerprint density at radius 2 is 2.41 bits per heavy atom. The predicted octanol–water partition coefficient (Wildman–Crippen LogP) is 1.94. The summed E-state index contributed by atoms with van der Waals surface area (Å²) in [6, 6.07) is 5.19. The Hall–Kier alpha value is -1.07. The summed E-state index contributed by atoms with van der Waals surface area (Å²) in [5.41, 5.74) is 6.80. The second-order valence-electron chi connectivity index (χ2n) is 4.08. The van der Waals surface area contributed by atoms with E-state index in [1.54, 1.807) is 18.2 Å². The van der Waals surface area contributed by atoms with Gasteiger partial charge < -0.3 is 15.8 Å². The van der Waals surface area contributed by atoms with Crippen molar-refractivity contribution < 1.29 is 9.53 Å². The average Bonchev–Trinajstić information content (AvgIpc) is 2.82. The second kappa shape index (κ2) is 5.51. The number of nitrogens with one attached hydrogen (secondary N) is 1. The number of nitrogen functional groups attached to an aromatic ring is 1. The molecule has 1 aliphatic rings. The monoisotopic (exact) mass is 298 g/mol. The predicted molar refractivity (Wildman–Crippen MR) is 69.9 cm³/mol. The van der Waals surface area contributed by atoms with Crippen molar-refractivity contribution in [3.05, 3.63) is 28.2 Å². The number of benzene rings is 1. The molecule has 4 nitrogen and oxygen atoms in total. The number of carbonyl (C=O) groups excluding carboxylic acids is 1. The van der Waals surface area contributed by atoms with Gasteiger partial charge in [0.1, 0.15) is 0 Å². The second-order valence-corrected chi connectivity index (χ2v) is 4.94. The van der Waals surface area contributed by atoms with Gasteiger partial charge in [-0.2, -0.15) is 0 Å². The van der Waals surface area contributed by atoms with E-state index in [0.29, 0.717) is 17.8 Å². The van der Waals surface area contributed by atoms with Crippen molar-refractivity contribution in [2.45, 2.75) is 18.9 Å². The SMILES string of the molecule is Nc1ccc(Br)c(C(=O)NCC2CCCO2)c1. The van der Waals surface area contributed by atoms with E-state index in [1.165, 1.54) is 0 Å². The summed E-state index contributed by atoms with van der Waals surface area (Å²) >= 11 is 3.34. The van der Waals surface area contributed by atoms with Crippen molar-refractivity contribution in [1.82, 2.24) is 5.32 Å². The molecule has 1 unspecified atom stereocenters. The summed E-state index contributed by atoms with van der Waals surface area (Å²) in [5.74, 6) is -0.125. The van der Waals surface area contributed by atoms with E-state index >= 15 is 0 Å². The fourth-order valence-corrected chi connectivity index (χ4v) is 2.25. The van der Waals surface area contributed by atoms with E-state index in [9.17, 15) is 4.79 Å². The van der Waals surface area contributed by atoms with E-state index in [0.717, 1.165) is 23.9 Å². The molecule has 1 saturated heterocycles. The van der Waals surface area contributed by atoms with Crippen molar-refractivity contribution >= 4 is 27.5 Å². The maximum Gasteiger partial charge on any atom is 0.252 e. The molecular weight excluding hydrogens is 284 g/mol. The normalized spacial score (nSPS) is 19.2. The number of anilines is 1. The van der Waals surface area contributed by atoms with Gasteiger partial charge in [0.2, 0.25) is 0 Å². The number of amides is 1. The molecule has 1 aromatic carbocycles. The molecule has 92 valence electrons. The zero-order chi connectivity index (χ0) is 12.3. The maximum absolute atomic E-state index is 11.9. The van der Waals surface area contributed by atoms with E-state index in [4.69, 9.17) is 10.5 Å². The van der Waals surface area contributed by atoms with Gasteiger partial charge in [-0.15, -0.1) is 0 Å². The Balaban J connectivity index is 1.96. The van der Waals surface area contributed by atoms with Crippen molar-refractivity contribution in [3.8, 4) is 0 Å². The molecule has 1 fully saturated rings. The largest absolute Gasteiger partial charge is 0.399 e. The lowest BCUT2D eigenvalue weighted by atomic mass is 10.2. The first-order valence-electron chi connectivity index (χ1n) is 5.61. The minimum absolute atomic E-state index is 0.125. The smallest absolute Gasteiger partial charge is 0.252 e. The van der Waals surface area contributed by atoms with Crippen LogP contribution in [0.3, 0.4) is 0 Å². The highest BCUT2D eigenvalue weighted by molar-refractivity contribution is 9.10. The van der Waals surface area contributed by atoms with Crippen LogP contribution in [0.1, 0.15) is 23.2 Å². The molecule has 0 aliphatic carbocycles. The molecule has 1 amide bonds. The number of halogens is 1. The zero-order valence-corrected chi connectivity index (χ0v) is 11.0. The molecule has 0 bridgehead atoms. The van der Waals surface area contributed by atoms with Gasteiger partial charge in [0.15, 0.2) is 0 Å². The Morgan fingerprint density at radius 1 is 1.59 bits per heavy atom. The van der Waals surface area contributed by atoms with Gasteiger partial charge in [-0.25, -0.2) is 0 Å². The number of hydrogen-bond donors (Lipinski definition) is 2. The molecule has 5 heteroatoms. The Labute approximate surface area is 109 Å². The minimum atomic E-state index is -0.125. The Kier molecular flexibility index (Phi) is 4.02. The number of rotatable bonds is 3. The molecule has 0 aromatic heterocycles. The standard InChI is InChI=1S/C12H15BrN2O2/c13-11-4-3-8(14)6-10(11)12(16)15-7-9-2-1-5-17-9/h3-4,6,9H,1-2,5,7,14H2,(H,15,16). The van der Waals surface area contributed by atoms with Crippen molar-refractivity contribution in [2.75, 3.05) is 18.9 Å². The summed E-state index contributed by atoms with van der Waals surface area (Å²) in [5, 5.41) is 2.86. The van der Waals surface area contributed by atoms with Crippen LogP contribution < -0.4 is 11.1 Å². The van der Waals surface area contributed by atoms with Gasteiger partial charge in [0.05, 0.1) is 11.7 Å². The average molecular weight is 299 g/mol. The minimum Gasteiger partial charge on any atom is -0.399 e. The fraction of sp³-hybridized carbons (Fsp3) is 0.417. The molecule has 3 N–H and O–H groups in total. The Morgan fingerprint density at radius 3 is 3.12 bits per heavy atom. The van der Waals surface area contributed by atoms with Gasteiger partial charge in [-0.05, 0) is 47.0 Å². The van der Waals surface area contributed by atoms with Gasteiger partial charge in [-0.1, -0.05) is 0 Å². The van der Waals surface area contributed by atoms with Crippen LogP contribution in [0, 0.1) is 0 Å². The molecule has 2 rings (SSSR count). The fourth-order valence-electron chi connectivity index (χ4n) is 1.82. The van der Waals surface area contributed by atoms with E-state index < -0.39 is 0 Å². The quantitative estimate of drug-likeness (QED) is 0.838. The lowest BCUT2D eigenvalue weighted by Crippen LogP contribution is -2.32. The van der Waals surface area contributed by atoms with Crippen LogP contribution in [0.5, 0.6) is 0 Å². The molecular formula is C12H15BrN2O2. The molecule has 1 aliphatic heterocycles. The van der Waals surface area contributed by atoms with Crippen LogP contribution in [-0.2, 0) is 4.74 Å². The molecule has 1 atom stereocenters. The van der Waals surface area contributed by atoms with Crippen LogP contribution in [0.25, 0.3) is 0 Å². The van der Waals surface area contributed by atoms with E-state index in [2.05, 4.69) is 21.2 Å². The summed E-state index contributed by atoms with van der Waals surface area (Å²) < 4.78 is 6.19. The first-order chi connectivity index (χ1) is 8.16. The number of carbonyl (C=O) groups is 1. The molecule has 0 saturated carbocycles. The molecule has 1 heterocycles. The van der Waals surface area contributed by atoms with Crippen LogP contribution in [0.2, 0.25) is 0 Å². The van der Waals surface area contributed by atoms with Gasteiger partial charge in [0, 0.05) is 23.3 Å². The summed E-state index contributed by atoms with van der Waals surface area (Å²) in [7, 11) is 0. The number of ether oxygens (including phenoxy) is 1. The third-order valence-electron chi connectivity index (χ3n) is 2.75. The van der Waals surface area contributed by atoms with Gasteiger partial charge in [0.25, 0.3) is 5.91 Å². The summed E-state index contributed by atoms with van der Waals surface area (Å²) in [4.78, 5) is 11.9.